The summed E-state index contributed by atoms with van der Waals surface area (Å²) >= 11 is 1.41. The van der Waals surface area contributed by atoms with E-state index in [1.807, 2.05) is 12.1 Å². The van der Waals surface area contributed by atoms with Crippen LogP contribution in [0, 0.1) is 0 Å². The van der Waals surface area contributed by atoms with E-state index in [9.17, 15) is 4.79 Å². The predicted molar refractivity (Wildman–Crippen MR) is 125 cm³/mol. The summed E-state index contributed by atoms with van der Waals surface area (Å²) in [7, 11) is 3.14. The van der Waals surface area contributed by atoms with Gasteiger partial charge in [-0.3, -0.25) is 4.79 Å². The first-order valence-corrected chi connectivity index (χ1v) is 11.1. The molecule has 1 N–H and O–H groups in total. The van der Waals surface area contributed by atoms with E-state index >= 15 is 0 Å². The van der Waals surface area contributed by atoms with E-state index in [1.54, 1.807) is 32.4 Å². The highest BCUT2D eigenvalue weighted by Crippen LogP contribution is 2.44. The molecular formula is C24H20N4O3S. The Morgan fingerprint density at radius 1 is 0.969 bits per heavy atom. The smallest absolute Gasteiger partial charge is 0.225 e. The van der Waals surface area contributed by atoms with Gasteiger partial charge in [-0.15, -0.1) is 10.2 Å². The first kappa shape index (κ1) is 20.3. The van der Waals surface area contributed by atoms with Gasteiger partial charge in [0.25, 0.3) is 0 Å². The van der Waals surface area contributed by atoms with Crippen LogP contribution in [-0.4, -0.2) is 41.1 Å². The lowest BCUT2D eigenvalue weighted by atomic mass is 10.0. The van der Waals surface area contributed by atoms with E-state index in [2.05, 4.69) is 39.8 Å². The van der Waals surface area contributed by atoms with Gasteiger partial charge < -0.3 is 14.8 Å². The maximum Gasteiger partial charge on any atom is 0.225 e. The SMILES string of the molecule is COc1ccc(NC(=O)CCSc2nnc3c(n2)-c2cccc4cccc-3c24)c(OC)c1. The third-order valence-electron chi connectivity index (χ3n) is 5.33. The molecule has 3 aromatic carbocycles. The van der Waals surface area contributed by atoms with Crippen LogP contribution in [0.3, 0.4) is 0 Å². The molecule has 0 atom stereocenters. The largest absolute Gasteiger partial charge is 0.497 e. The van der Waals surface area contributed by atoms with Gasteiger partial charge in [0.1, 0.15) is 22.9 Å². The van der Waals surface area contributed by atoms with Crippen molar-refractivity contribution in [1.82, 2.24) is 15.2 Å². The van der Waals surface area contributed by atoms with E-state index in [0.29, 0.717) is 34.5 Å². The van der Waals surface area contributed by atoms with Gasteiger partial charge in [-0.05, 0) is 17.5 Å². The van der Waals surface area contributed by atoms with Gasteiger partial charge in [-0.2, -0.15) is 0 Å². The normalized spacial score (nSPS) is 11.3. The predicted octanol–water partition coefficient (Wildman–Crippen LogP) is 4.81. The minimum Gasteiger partial charge on any atom is -0.497 e. The number of rotatable bonds is 7. The first-order valence-electron chi connectivity index (χ1n) is 10.1. The van der Waals surface area contributed by atoms with Gasteiger partial charge >= 0.3 is 0 Å². The molecule has 32 heavy (non-hydrogen) atoms. The van der Waals surface area contributed by atoms with Crippen LogP contribution in [0.4, 0.5) is 5.69 Å². The summed E-state index contributed by atoms with van der Waals surface area (Å²) in [5.41, 5.74) is 4.41. The van der Waals surface area contributed by atoms with Crippen molar-refractivity contribution in [1.29, 1.82) is 0 Å². The number of hydrogen-bond donors (Lipinski definition) is 1. The fraction of sp³-hybridized carbons (Fsp3) is 0.167. The summed E-state index contributed by atoms with van der Waals surface area (Å²) in [5.74, 6) is 1.62. The zero-order valence-corrected chi connectivity index (χ0v) is 18.4. The van der Waals surface area contributed by atoms with E-state index in [1.165, 1.54) is 22.5 Å². The Morgan fingerprint density at radius 2 is 1.75 bits per heavy atom. The topological polar surface area (TPSA) is 86.2 Å². The Morgan fingerprint density at radius 3 is 2.50 bits per heavy atom. The van der Waals surface area contributed by atoms with Crippen LogP contribution in [0.2, 0.25) is 0 Å². The molecule has 1 heterocycles. The van der Waals surface area contributed by atoms with Gasteiger partial charge in [0.2, 0.25) is 11.1 Å². The average molecular weight is 445 g/mol. The molecule has 0 saturated carbocycles. The highest BCUT2D eigenvalue weighted by molar-refractivity contribution is 7.99. The Labute approximate surface area is 189 Å². The number of benzene rings is 3. The Kier molecular flexibility index (Phi) is 5.36. The van der Waals surface area contributed by atoms with E-state index in [-0.39, 0.29) is 5.91 Å². The molecule has 1 aliphatic carbocycles. The molecule has 0 bridgehead atoms. The van der Waals surface area contributed by atoms with Gasteiger partial charge in [0.15, 0.2) is 0 Å². The van der Waals surface area contributed by atoms with Crippen LogP contribution in [-0.2, 0) is 4.79 Å². The summed E-state index contributed by atoms with van der Waals surface area (Å²) in [6, 6.07) is 17.6. The molecule has 5 rings (SSSR count). The summed E-state index contributed by atoms with van der Waals surface area (Å²) in [4.78, 5) is 17.2. The highest BCUT2D eigenvalue weighted by atomic mass is 32.2. The van der Waals surface area contributed by atoms with Crippen LogP contribution in [0.25, 0.3) is 33.3 Å². The van der Waals surface area contributed by atoms with Crippen molar-refractivity contribution in [3.63, 3.8) is 0 Å². The maximum absolute atomic E-state index is 12.4. The van der Waals surface area contributed by atoms with Crippen LogP contribution < -0.4 is 14.8 Å². The molecule has 0 fully saturated rings. The van der Waals surface area contributed by atoms with Crippen molar-refractivity contribution in [3.8, 4) is 34.0 Å². The molecule has 0 saturated heterocycles. The molecule has 1 amide bonds. The quantitative estimate of drug-likeness (QED) is 0.361. The fourth-order valence-electron chi connectivity index (χ4n) is 3.83. The molecule has 0 radical (unpaired) electrons. The third-order valence-corrected chi connectivity index (χ3v) is 6.16. The number of hydrogen-bond acceptors (Lipinski definition) is 7. The first-order chi connectivity index (χ1) is 15.7. The molecule has 7 nitrogen and oxygen atoms in total. The lowest BCUT2D eigenvalue weighted by Crippen LogP contribution is -2.13. The Balaban J connectivity index is 1.26. The van der Waals surface area contributed by atoms with Gasteiger partial charge in [-0.1, -0.05) is 48.2 Å². The number of carbonyl (C=O) groups is 1. The number of anilines is 1. The van der Waals surface area contributed by atoms with Crippen molar-refractivity contribution in [2.45, 2.75) is 11.6 Å². The molecule has 1 aliphatic rings. The second kappa shape index (κ2) is 8.47. The van der Waals surface area contributed by atoms with E-state index < -0.39 is 0 Å². The second-order valence-electron chi connectivity index (χ2n) is 7.21. The van der Waals surface area contributed by atoms with E-state index in [4.69, 9.17) is 14.5 Å². The number of thioether (sulfide) groups is 1. The molecule has 4 aromatic rings. The number of methoxy groups -OCH3 is 2. The number of ether oxygens (including phenoxy) is 2. The Hall–Kier alpha value is -3.65. The van der Waals surface area contributed by atoms with E-state index in [0.717, 1.165) is 22.5 Å². The molecule has 160 valence electrons. The number of nitrogens with one attached hydrogen (secondary N) is 1. The molecular weight excluding hydrogens is 424 g/mol. The number of amides is 1. The standard InChI is InChI=1S/C24H20N4O3S/c1-30-15-9-10-18(19(13-15)31-2)25-20(29)11-12-32-24-26-22-16-7-3-5-14-6-4-8-17(21(14)16)23(22)27-28-24/h3-10,13H,11-12H2,1-2H3,(H,25,29). The van der Waals surface area contributed by atoms with Crippen molar-refractivity contribution >= 4 is 34.1 Å². The summed E-state index contributed by atoms with van der Waals surface area (Å²) < 4.78 is 10.5. The van der Waals surface area contributed by atoms with Gasteiger partial charge in [0, 0.05) is 34.8 Å². The molecule has 0 unspecified atom stereocenters. The van der Waals surface area contributed by atoms with Crippen LogP contribution in [0.5, 0.6) is 11.5 Å². The molecule has 1 aromatic heterocycles. The maximum atomic E-state index is 12.4. The summed E-state index contributed by atoms with van der Waals surface area (Å²) in [5, 5.41) is 14.5. The summed E-state index contributed by atoms with van der Waals surface area (Å²) in [6.07, 6.45) is 0.302. The highest BCUT2D eigenvalue weighted by Gasteiger charge is 2.24. The van der Waals surface area contributed by atoms with Crippen molar-refractivity contribution in [2.75, 3.05) is 25.3 Å². The van der Waals surface area contributed by atoms with Gasteiger partial charge in [-0.25, -0.2) is 4.98 Å². The van der Waals surface area contributed by atoms with Crippen molar-refractivity contribution in [2.24, 2.45) is 0 Å². The monoisotopic (exact) mass is 444 g/mol. The zero-order chi connectivity index (χ0) is 22.1. The minimum absolute atomic E-state index is 0.118. The molecule has 0 aliphatic heterocycles. The number of carbonyl (C=O) groups excluding carboxylic acids is 1. The van der Waals surface area contributed by atoms with Crippen LogP contribution in [0.15, 0.2) is 59.8 Å². The van der Waals surface area contributed by atoms with Crippen molar-refractivity contribution in [3.05, 3.63) is 54.6 Å². The second-order valence-corrected chi connectivity index (χ2v) is 8.28. The lowest BCUT2D eigenvalue weighted by molar-refractivity contribution is -0.115. The number of fused-ring (bicyclic) bond motifs is 3. The van der Waals surface area contributed by atoms with Gasteiger partial charge in [0.05, 0.1) is 19.9 Å². The third kappa shape index (κ3) is 3.62. The summed E-state index contributed by atoms with van der Waals surface area (Å²) in [6.45, 7) is 0. The minimum atomic E-state index is -0.118. The van der Waals surface area contributed by atoms with Crippen LogP contribution in [0.1, 0.15) is 6.42 Å². The molecule has 8 heteroatoms. The average Bonchev–Trinajstić information content (AvgIpc) is 3.14. The number of nitrogens with zero attached hydrogens (tertiary/aromatic N) is 3. The fourth-order valence-corrected chi connectivity index (χ4v) is 4.55. The lowest BCUT2D eigenvalue weighted by Gasteiger charge is -2.11. The van der Waals surface area contributed by atoms with Crippen molar-refractivity contribution < 1.29 is 14.3 Å². The Bertz CT molecular complexity index is 1340. The number of aromatic nitrogens is 3. The zero-order valence-electron chi connectivity index (χ0n) is 17.6. The van der Waals surface area contributed by atoms with Crippen LogP contribution >= 0.6 is 11.8 Å². The molecule has 0 spiro atoms.